The first-order chi connectivity index (χ1) is 42.4. The van der Waals surface area contributed by atoms with Crippen LogP contribution in [0.5, 0.6) is 5.75 Å². The van der Waals surface area contributed by atoms with E-state index in [9.17, 15) is 74.1 Å². The molecule has 2 bridgehead atoms. The predicted octanol–water partition coefficient (Wildman–Crippen LogP) is 1.40. The molecular formula is C62H85N5O22. The van der Waals surface area contributed by atoms with Gasteiger partial charge in [0.1, 0.15) is 49.4 Å². The number of likely N-dealkylation sites (tertiary alicyclic amines) is 1. The molecule has 7 aliphatic rings. The molecule has 89 heavy (non-hydrogen) atoms. The summed E-state index contributed by atoms with van der Waals surface area (Å²) in [5, 5.41) is 81.9. The Labute approximate surface area is 515 Å². The molecule has 1 saturated carbocycles. The van der Waals surface area contributed by atoms with Crippen molar-refractivity contribution in [3.63, 3.8) is 0 Å². The highest BCUT2D eigenvalue weighted by Crippen LogP contribution is 2.66. The van der Waals surface area contributed by atoms with Gasteiger partial charge in [0.05, 0.1) is 30.1 Å². The summed E-state index contributed by atoms with van der Waals surface area (Å²) in [5.74, 6) is -6.36. The molecule has 1 aromatic rings. The maximum atomic E-state index is 14.7. The molecule has 27 heteroatoms. The number of benzene rings is 1. The van der Waals surface area contributed by atoms with Gasteiger partial charge < -0.3 is 89.8 Å². The number of carbonyl (C=O) groups excluding carboxylic acids is 7. The minimum atomic E-state index is -2.01. The first-order valence-electron chi connectivity index (χ1n) is 30.6. The Morgan fingerprint density at radius 1 is 0.888 bits per heavy atom. The lowest BCUT2D eigenvalue weighted by atomic mass is 9.51. The number of aliphatic hydroxyl groups is 6. The van der Waals surface area contributed by atoms with E-state index in [2.05, 4.69) is 16.0 Å². The number of nitrogens with one attached hydrogen (secondary N) is 3. The Hall–Kier alpha value is -6.66. The molecule has 5 heterocycles. The third-order valence-electron chi connectivity index (χ3n) is 18.5. The highest BCUT2D eigenvalue weighted by molar-refractivity contribution is 6.12. The first kappa shape index (κ1) is 68.3. The molecule has 0 radical (unpaired) electrons. The van der Waals surface area contributed by atoms with Crippen molar-refractivity contribution in [2.45, 2.75) is 178 Å². The normalized spacial score (nSPS) is 33.8. The van der Waals surface area contributed by atoms with E-state index in [-0.39, 0.29) is 114 Å². The minimum absolute atomic E-state index is 0.0718. The smallest absolute Gasteiger partial charge is 0.410 e. The first-order valence-corrected chi connectivity index (χ1v) is 30.6. The van der Waals surface area contributed by atoms with Gasteiger partial charge >= 0.3 is 18.0 Å². The summed E-state index contributed by atoms with van der Waals surface area (Å²) in [6, 6.07) is 2.96. The molecule has 16 atom stereocenters. The third-order valence-corrected chi connectivity index (χ3v) is 18.5. The zero-order valence-electron chi connectivity index (χ0n) is 50.5. The van der Waals surface area contributed by atoms with E-state index in [4.69, 9.17) is 33.2 Å². The Morgan fingerprint density at radius 2 is 1.62 bits per heavy atom. The maximum Gasteiger partial charge on any atom is 0.410 e. The van der Waals surface area contributed by atoms with Crippen LogP contribution in [0, 0.1) is 28.6 Å². The van der Waals surface area contributed by atoms with Crippen LogP contribution in [-0.2, 0) is 68.6 Å². The number of carboxylic acids is 1. The zero-order valence-corrected chi connectivity index (χ0v) is 50.5. The number of ether oxygens (including phenoxy) is 7. The molecule has 27 nitrogen and oxygen atoms in total. The fraction of sp³-hybridized carbons (Fsp3) is 0.645. The Bertz CT molecular complexity index is 2840. The van der Waals surface area contributed by atoms with Gasteiger partial charge in [-0.3, -0.25) is 28.9 Å². The molecule has 490 valence electrons. The van der Waals surface area contributed by atoms with Gasteiger partial charge in [0.25, 0.3) is 11.8 Å². The van der Waals surface area contributed by atoms with Crippen molar-refractivity contribution in [1.29, 1.82) is 0 Å². The quantitative estimate of drug-likeness (QED) is 0.0405. The third kappa shape index (κ3) is 16.1. The number of fused-ring (bicyclic) bond motifs is 1. The van der Waals surface area contributed by atoms with E-state index in [0.29, 0.717) is 44.1 Å². The molecule has 8 rings (SSSR count). The standard InChI is InChI=1S/C62H85N5O22/c1-34-17-22-62-33-85-58(81)51(35(2)21-27-83-41(36(3)69)10-7-8-12-50(74)88-44-30-43(86-45(62)28-34)39(31-68)61(44,62)4)65-56(78)38-19-25-66(26-20-38)60(82)84-32-37-13-14-42(87-59-54(77)52(75)53(76)55(89-59)57(79)80)40(29-37)64-47(71)18-23-63-46(70)11-6-5-9-24-67-48(72)15-16-49(67)73/h7-8,10,12-16,28-29,35-36,38-39,41,43-45,50-55,59,68-69,74-77H,5-6,9,11,17-27,30-33H2,1-4H3,(H,63,70)(H,64,71)(H,65,78)(H,79,80)/b10-7+,12-8-/t35-,36-,39-,41-,43-,44-,45-,50?,51+,52+,53+,54-,55+,59-,61+,62-/m1/s1. The largest absolute Gasteiger partial charge is 0.479 e. The SMILES string of the molecule is CC1=C[C@H]2O[C@@H]3C[C@H]4OC(O)/C=C\C=C\[C@H]([C@@H](C)O)OCC[C@@H](C)[C@H](NC(=O)C5CCN(C(=O)OCc6ccc(O[C@@H]7O[C@H](C(=O)O)[C@@H](O)[C@H](O)[C@H]7O)c(NC(=O)CCNC(=O)CCCCCN7C(=O)C=CC7=O)c6)CC5)C(=O)OC[C@@]2(CC1)[C@@]4(C)[C@@H]3CO. The van der Waals surface area contributed by atoms with Crippen molar-refractivity contribution in [1.82, 2.24) is 20.4 Å². The number of allylic oxidation sites excluding steroid dienone is 3. The van der Waals surface area contributed by atoms with Gasteiger partial charge in [0.2, 0.25) is 24.0 Å². The highest BCUT2D eigenvalue weighted by atomic mass is 16.7. The number of carboxylic acid groups (broad SMARTS) is 1. The minimum Gasteiger partial charge on any atom is -0.479 e. The molecule has 5 aliphatic heterocycles. The van der Waals surface area contributed by atoms with Crippen LogP contribution in [-0.4, -0.2) is 213 Å². The van der Waals surface area contributed by atoms with Gasteiger partial charge in [-0.2, -0.15) is 0 Å². The van der Waals surface area contributed by atoms with Gasteiger partial charge in [-0.15, -0.1) is 0 Å². The fourth-order valence-corrected chi connectivity index (χ4v) is 13.1. The van der Waals surface area contributed by atoms with E-state index >= 15 is 0 Å². The van der Waals surface area contributed by atoms with Crippen LogP contribution < -0.4 is 20.7 Å². The summed E-state index contributed by atoms with van der Waals surface area (Å²) in [4.78, 5) is 106. The molecule has 2 aliphatic carbocycles. The number of amides is 6. The van der Waals surface area contributed by atoms with E-state index in [0.717, 1.165) is 10.5 Å². The monoisotopic (exact) mass is 1250 g/mol. The molecule has 1 unspecified atom stereocenters. The number of piperidine rings is 1. The number of hydrogen-bond donors (Lipinski definition) is 10. The van der Waals surface area contributed by atoms with Crippen molar-refractivity contribution in [2.24, 2.45) is 28.6 Å². The summed E-state index contributed by atoms with van der Waals surface area (Å²) < 4.78 is 42.2. The van der Waals surface area contributed by atoms with Gasteiger partial charge in [-0.1, -0.05) is 56.2 Å². The molecule has 6 amide bonds. The van der Waals surface area contributed by atoms with Crippen LogP contribution in [0.25, 0.3) is 0 Å². The molecule has 3 saturated heterocycles. The summed E-state index contributed by atoms with van der Waals surface area (Å²) in [6.07, 6.45) is -0.758. The van der Waals surface area contributed by atoms with Crippen LogP contribution >= 0.6 is 0 Å². The number of carbonyl (C=O) groups is 8. The topological polar surface area (TPSA) is 385 Å². The lowest BCUT2D eigenvalue weighted by molar-refractivity contribution is -0.271. The zero-order chi connectivity index (χ0) is 64.3. The molecule has 4 fully saturated rings. The maximum absolute atomic E-state index is 14.7. The summed E-state index contributed by atoms with van der Waals surface area (Å²) in [5.41, 5.74) is -0.421. The Kier molecular flexibility index (Phi) is 23.3. The molecule has 0 aromatic heterocycles. The molecule has 1 spiro atoms. The number of esters is 1. The van der Waals surface area contributed by atoms with Crippen LogP contribution in [0.15, 0.2) is 66.3 Å². The Morgan fingerprint density at radius 3 is 2.33 bits per heavy atom. The summed E-state index contributed by atoms with van der Waals surface area (Å²) >= 11 is 0. The molecular weight excluding hydrogens is 1170 g/mol. The second-order valence-electron chi connectivity index (χ2n) is 24.4. The number of hydrogen-bond acceptors (Lipinski definition) is 21. The van der Waals surface area contributed by atoms with E-state index < -0.39 is 132 Å². The fourth-order valence-electron chi connectivity index (χ4n) is 13.1. The van der Waals surface area contributed by atoms with E-state index in [1.807, 2.05) is 19.9 Å². The van der Waals surface area contributed by atoms with Crippen LogP contribution in [0.2, 0.25) is 0 Å². The predicted molar refractivity (Wildman–Crippen MR) is 311 cm³/mol. The number of anilines is 1. The van der Waals surface area contributed by atoms with Crippen LogP contribution in [0.1, 0.15) is 104 Å². The van der Waals surface area contributed by atoms with Crippen molar-refractivity contribution in [3.05, 3.63) is 71.9 Å². The van der Waals surface area contributed by atoms with Crippen LogP contribution in [0.4, 0.5) is 10.5 Å². The lowest BCUT2D eigenvalue weighted by Gasteiger charge is -2.59. The Balaban J connectivity index is 0.892. The second kappa shape index (κ2) is 30.4. The van der Waals surface area contributed by atoms with Crippen LogP contribution in [0.3, 0.4) is 0 Å². The highest BCUT2D eigenvalue weighted by Gasteiger charge is 2.70. The number of nitrogens with zero attached hydrogens (tertiary/aromatic N) is 2. The number of aliphatic carboxylic acids is 1. The van der Waals surface area contributed by atoms with Gasteiger partial charge in [0.15, 0.2) is 12.4 Å². The van der Waals surface area contributed by atoms with Gasteiger partial charge in [-0.05, 0) is 88.5 Å². The number of aliphatic hydroxyl groups excluding tert-OH is 6. The second-order valence-corrected chi connectivity index (χ2v) is 24.4. The molecule has 10 N–H and O–H groups in total. The van der Waals surface area contributed by atoms with Crippen molar-refractivity contribution < 1.29 is 107 Å². The average molecular weight is 1250 g/mol. The van der Waals surface area contributed by atoms with E-state index in [1.165, 1.54) is 41.3 Å². The van der Waals surface area contributed by atoms with Gasteiger partial charge in [-0.25, -0.2) is 14.4 Å². The number of rotatable bonds is 19. The van der Waals surface area contributed by atoms with Crippen molar-refractivity contribution >= 4 is 53.3 Å². The number of unbranched alkanes of at least 4 members (excludes halogenated alkanes) is 2. The molecule has 1 aromatic carbocycles. The van der Waals surface area contributed by atoms with Crippen molar-refractivity contribution in [3.8, 4) is 5.75 Å². The van der Waals surface area contributed by atoms with Gasteiger partial charge in [0, 0.05) is 93.5 Å². The average Bonchev–Trinajstić information content (AvgIpc) is 1.72. The van der Waals surface area contributed by atoms with Crippen molar-refractivity contribution in [2.75, 3.05) is 51.3 Å². The number of cyclic esters (lactones) is 1. The summed E-state index contributed by atoms with van der Waals surface area (Å²) in [6.45, 7) is 7.03. The lowest BCUT2D eigenvalue weighted by Crippen LogP contribution is -2.64. The number of imide groups is 1. The summed E-state index contributed by atoms with van der Waals surface area (Å²) in [7, 11) is 0. The van der Waals surface area contributed by atoms with E-state index in [1.54, 1.807) is 32.1 Å².